The van der Waals surface area contributed by atoms with E-state index in [-0.39, 0.29) is 0 Å². The number of pyridine rings is 1. The molecule has 2 rings (SSSR count). The van der Waals surface area contributed by atoms with E-state index in [0.29, 0.717) is 18.9 Å². The second-order valence-corrected chi connectivity index (χ2v) is 4.80. The molecule has 2 aromatic rings. The molecule has 0 atom stereocenters. The number of hydrogen-bond acceptors (Lipinski definition) is 5. The zero-order valence-corrected chi connectivity index (χ0v) is 13.1. The Kier molecular flexibility index (Phi) is 5.89. The van der Waals surface area contributed by atoms with Crippen molar-refractivity contribution in [2.45, 2.75) is 20.3 Å². The molecule has 0 amide bonds. The van der Waals surface area contributed by atoms with E-state index < -0.39 is 0 Å². The molecule has 118 valence electrons. The number of benzene rings is 1. The normalized spacial score (nSPS) is 10.3. The van der Waals surface area contributed by atoms with Crippen molar-refractivity contribution in [3.63, 3.8) is 0 Å². The molecule has 0 bridgehead atoms. The number of nitrogens with one attached hydrogen (secondary N) is 1. The van der Waals surface area contributed by atoms with Crippen LogP contribution < -0.4 is 20.5 Å². The summed E-state index contributed by atoms with van der Waals surface area (Å²) in [5.41, 5.74) is 7.47. The SMILES string of the molecule is CCOc1ccc(CCNc2ccc(N)cn2)cc1OCC. The van der Waals surface area contributed by atoms with E-state index in [1.165, 1.54) is 5.56 Å². The quantitative estimate of drug-likeness (QED) is 0.784. The van der Waals surface area contributed by atoms with E-state index in [0.717, 1.165) is 30.3 Å². The first-order chi connectivity index (χ1) is 10.7. The third-order valence-electron chi connectivity index (χ3n) is 3.11. The lowest BCUT2D eigenvalue weighted by Gasteiger charge is -2.12. The predicted molar refractivity (Wildman–Crippen MR) is 89.6 cm³/mol. The number of nitrogens with zero attached hydrogens (tertiary/aromatic N) is 1. The maximum absolute atomic E-state index is 5.64. The average molecular weight is 301 g/mol. The first-order valence-corrected chi connectivity index (χ1v) is 7.56. The van der Waals surface area contributed by atoms with E-state index in [1.807, 2.05) is 38.1 Å². The molecule has 3 N–H and O–H groups in total. The molecule has 1 aromatic heterocycles. The summed E-state index contributed by atoms with van der Waals surface area (Å²) in [6.07, 6.45) is 2.52. The van der Waals surface area contributed by atoms with Crippen LogP contribution in [0.4, 0.5) is 11.5 Å². The van der Waals surface area contributed by atoms with E-state index in [2.05, 4.69) is 16.4 Å². The predicted octanol–water partition coefficient (Wildman–Crippen LogP) is 3.12. The van der Waals surface area contributed by atoms with Crippen molar-refractivity contribution in [3.8, 4) is 11.5 Å². The van der Waals surface area contributed by atoms with Gasteiger partial charge in [0.15, 0.2) is 11.5 Å². The molecule has 5 heteroatoms. The van der Waals surface area contributed by atoms with Gasteiger partial charge in [0.1, 0.15) is 5.82 Å². The Hall–Kier alpha value is -2.43. The van der Waals surface area contributed by atoms with E-state index >= 15 is 0 Å². The van der Waals surface area contributed by atoms with Crippen LogP contribution in [0.1, 0.15) is 19.4 Å². The van der Waals surface area contributed by atoms with Crippen LogP contribution in [0.25, 0.3) is 0 Å². The van der Waals surface area contributed by atoms with Crippen LogP contribution in [-0.2, 0) is 6.42 Å². The minimum absolute atomic E-state index is 0.622. The highest BCUT2D eigenvalue weighted by Crippen LogP contribution is 2.28. The number of anilines is 2. The second kappa shape index (κ2) is 8.12. The van der Waals surface area contributed by atoms with Crippen molar-refractivity contribution in [1.29, 1.82) is 0 Å². The van der Waals surface area contributed by atoms with Crippen molar-refractivity contribution < 1.29 is 9.47 Å². The molecule has 0 fully saturated rings. The van der Waals surface area contributed by atoms with Gasteiger partial charge >= 0.3 is 0 Å². The molecule has 0 aliphatic rings. The fourth-order valence-electron chi connectivity index (χ4n) is 2.10. The summed E-state index contributed by atoms with van der Waals surface area (Å²) < 4.78 is 11.2. The lowest BCUT2D eigenvalue weighted by molar-refractivity contribution is 0.287. The van der Waals surface area contributed by atoms with Gasteiger partial charge < -0.3 is 20.5 Å². The maximum atomic E-state index is 5.64. The Labute approximate surface area is 131 Å². The fraction of sp³-hybridized carbons (Fsp3) is 0.353. The Bertz CT molecular complexity index is 585. The molecule has 22 heavy (non-hydrogen) atoms. The van der Waals surface area contributed by atoms with Gasteiger partial charge in [-0.1, -0.05) is 6.07 Å². The highest BCUT2D eigenvalue weighted by Gasteiger charge is 2.06. The molecule has 0 spiro atoms. The first-order valence-electron chi connectivity index (χ1n) is 7.56. The van der Waals surface area contributed by atoms with E-state index in [4.69, 9.17) is 15.2 Å². The van der Waals surface area contributed by atoms with Gasteiger partial charge in [-0.3, -0.25) is 0 Å². The number of ether oxygens (including phenoxy) is 2. The van der Waals surface area contributed by atoms with Gasteiger partial charge in [0.25, 0.3) is 0 Å². The van der Waals surface area contributed by atoms with Gasteiger partial charge in [0.05, 0.1) is 25.1 Å². The van der Waals surface area contributed by atoms with Gasteiger partial charge in [-0.15, -0.1) is 0 Å². The van der Waals surface area contributed by atoms with Crippen molar-refractivity contribution >= 4 is 11.5 Å². The summed E-state index contributed by atoms with van der Waals surface area (Å²) in [5, 5.41) is 3.27. The average Bonchev–Trinajstić information content (AvgIpc) is 2.52. The highest BCUT2D eigenvalue weighted by molar-refractivity contribution is 5.45. The minimum atomic E-state index is 0.622. The molecular weight excluding hydrogens is 278 g/mol. The third kappa shape index (κ3) is 4.55. The Morgan fingerprint density at radius 2 is 1.82 bits per heavy atom. The van der Waals surface area contributed by atoms with E-state index in [9.17, 15) is 0 Å². The van der Waals surface area contributed by atoms with Crippen molar-refractivity contribution in [2.24, 2.45) is 0 Å². The minimum Gasteiger partial charge on any atom is -0.490 e. The van der Waals surface area contributed by atoms with Gasteiger partial charge in [-0.25, -0.2) is 4.98 Å². The van der Waals surface area contributed by atoms with Crippen LogP contribution >= 0.6 is 0 Å². The molecule has 1 heterocycles. The second-order valence-electron chi connectivity index (χ2n) is 4.80. The van der Waals surface area contributed by atoms with Crippen LogP contribution in [0.5, 0.6) is 11.5 Å². The van der Waals surface area contributed by atoms with Crippen molar-refractivity contribution in [3.05, 3.63) is 42.1 Å². The van der Waals surface area contributed by atoms with Crippen LogP contribution in [0, 0.1) is 0 Å². The van der Waals surface area contributed by atoms with Crippen LogP contribution in [0.15, 0.2) is 36.5 Å². The summed E-state index contributed by atoms with van der Waals surface area (Å²) in [5.74, 6) is 2.42. The zero-order chi connectivity index (χ0) is 15.8. The monoisotopic (exact) mass is 301 g/mol. The Balaban J connectivity index is 1.94. The number of nitrogen functional groups attached to an aromatic ring is 1. The smallest absolute Gasteiger partial charge is 0.161 e. The Morgan fingerprint density at radius 3 is 2.50 bits per heavy atom. The summed E-state index contributed by atoms with van der Waals surface area (Å²) >= 11 is 0. The van der Waals surface area contributed by atoms with Gasteiger partial charge in [0.2, 0.25) is 0 Å². The van der Waals surface area contributed by atoms with Gasteiger partial charge in [-0.2, -0.15) is 0 Å². The summed E-state index contributed by atoms with van der Waals surface area (Å²) in [6, 6.07) is 9.77. The maximum Gasteiger partial charge on any atom is 0.161 e. The molecule has 0 saturated heterocycles. The molecule has 0 radical (unpaired) electrons. The van der Waals surface area contributed by atoms with Crippen molar-refractivity contribution in [1.82, 2.24) is 4.98 Å². The van der Waals surface area contributed by atoms with Crippen LogP contribution in [0.3, 0.4) is 0 Å². The number of aromatic nitrogens is 1. The lowest BCUT2D eigenvalue weighted by Crippen LogP contribution is -2.07. The molecule has 5 nitrogen and oxygen atoms in total. The van der Waals surface area contributed by atoms with Crippen LogP contribution in [-0.4, -0.2) is 24.7 Å². The first kappa shape index (κ1) is 15.9. The standard InChI is InChI=1S/C17H23N3O2/c1-3-21-15-7-5-13(11-16(15)22-4-2)9-10-19-17-8-6-14(18)12-20-17/h5-8,11-12H,3-4,9-10,18H2,1-2H3,(H,19,20). The zero-order valence-electron chi connectivity index (χ0n) is 13.1. The van der Waals surface area contributed by atoms with Gasteiger partial charge in [-0.05, 0) is 50.1 Å². The van der Waals surface area contributed by atoms with Gasteiger partial charge in [0, 0.05) is 6.54 Å². The molecule has 0 saturated carbocycles. The molecule has 0 unspecified atom stereocenters. The lowest BCUT2D eigenvalue weighted by atomic mass is 10.1. The van der Waals surface area contributed by atoms with Crippen molar-refractivity contribution in [2.75, 3.05) is 30.8 Å². The fourth-order valence-corrected chi connectivity index (χ4v) is 2.10. The Morgan fingerprint density at radius 1 is 1.05 bits per heavy atom. The number of hydrogen-bond donors (Lipinski definition) is 2. The van der Waals surface area contributed by atoms with E-state index in [1.54, 1.807) is 6.20 Å². The third-order valence-corrected chi connectivity index (χ3v) is 3.11. The summed E-state index contributed by atoms with van der Waals surface area (Å²) in [7, 11) is 0. The number of nitrogens with two attached hydrogens (primary N) is 1. The number of rotatable bonds is 8. The molecular formula is C17H23N3O2. The largest absolute Gasteiger partial charge is 0.490 e. The van der Waals surface area contributed by atoms with Crippen LogP contribution in [0.2, 0.25) is 0 Å². The summed E-state index contributed by atoms with van der Waals surface area (Å²) in [4.78, 5) is 4.21. The highest BCUT2D eigenvalue weighted by atomic mass is 16.5. The molecule has 1 aromatic carbocycles. The summed E-state index contributed by atoms with van der Waals surface area (Å²) in [6.45, 7) is 5.97. The topological polar surface area (TPSA) is 69.4 Å². The molecule has 0 aliphatic carbocycles. The molecule has 0 aliphatic heterocycles.